The van der Waals surface area contributed by atoms with Crippen molar-refractivity contribution < 1.29 is 19.4 Å². The normalized spacial score (nSPS) is 13.6. The number of nitrogens with one attached hydrogen (secondary N) is 1. The van der Waals surface area contributed by atoms with Crippen molar-refractivity contribution in [1.82, 2.24) is 0 Å². The van der Waals surface area contributed by atoms with Gasteiger partial charge in [-0.2, -0.15) is 0 Å². The SMILES string of the molecule is Cc1ccc(NC(=O)c2cccc(N3CCOCC3)c2)cc1-c1cc(O)ccc1C(N)=O. The fourth-order valence-electron chi connectivity index (χ4n) is 3.83. The van der Waals surface area contributed by atoms with E-state index in [9.17, 15) is 14.7 Å². The molecular weight excluding hydrogens is 406 g/mol. The van der Waals surface area contributed by atoms with Crippen molar-refractivity contribution in [2.45, 2.75) is 6.92 Å². The number of hydrogen-bond donors (Lipinski definition) is 3. The Kier molecular flexibility index (Phi) is 6.09. The molecule has 164 valence electrons. The number of phenolic OH excluding ortho intramolecular Hbond substituents is 1. The van der Waals surface area contributed by atoms with Crippen LogP contribution in [0.25, 0.3) is 11.1 Å². The summed E-state index contributed by atoms with van der Waals surface area (Å²) in [6.45, 7) is 4.81. The van der Waals surface area contributed by atoms with E-state index in [1.54, 1.807) is 18.2 Å². The lowest BCUT2D eigenvalue weighted by Crippen LogP contribution is -2.36. The van der Waals surface area contributed by atoms with Crippen molar-refractivity contribution in [1.29, 1.82) is 0 Å². The average molecular weight is 431 g/mol. The number of carbonyl (C=O) groups excluding carboxylic acids is 2. The molecule has 3 aromatic rings. The Bertz CT molecular complexity index is 1170. The van der Waals surface area contributed by atoms with Gasteiger partial charge in [-0.25, -0.2) is 0 Å². The summed E-state index contributed by atoms with van der Waals surface area (Å²) in [5.41, 5.74) is 10.0. The molecule has 0 saturated carbocycles. The van der Waals surface area contributed by atoms with E-state index >= 15 is 0 Å². The Labute approximate surface area is 186 Å². The molecule has 2 amide bonds. The molecule has 7 heteroatoms. The summed E-state index contributed by atoms with van der Waals surface area (Å²) in [6, 6.07) is 17.3. The molecule has 0 aliphatic carbocycles. The first-order valence-corrected chi connectivity index (χ1v) is 10.4. The standard InChI is InChI=1S/C25H25N3O4/c1-16-5-6-18(14-22(16)23-15-20(29)7-8-21(23)24(26)30)27-25(31)17-3-2-4-19(13-17)28-9-11-32-12-10-28/h2-8,13-15,29H,9-12H2,1H3,(H2,26,30)(H,27,31). The molecule has 4 rings (SSSR count). The second kappa shape index (κ2) is 9.11. The number of nitrogens with zero attached hydrogens (tertiary/aromatic N) is 1. The van der Waals surface area contributed by atoms with E-state index in [-0.39, 0.29) is 11.7 Å². The summed E-state index contributed by atoms with van der Waals surface area (Å²) in [4.78, 5) is 27.0. The van der Waals surface area contributed by atoms with Gasteiger partial charge in [0.25, 0.3) is 5.91 Å². The first kappa shape index (κ1) is 21.4. The first-order valence-electron chi connectivity index (χ1n) is 10.4. The largest absolute Gasteiger partial charge is 0.508 e. The Morgan fingerprint density at radius 1 is 1.00 bits per heavy atom. The molecule has 32 heavy (non-hydrogen) atoms. The van der Waals surface area contributed by atoms with Crippen LogP contribution < -0.4 is 16.0 Å². The van der Waals surface area contributed by atoms with Gasteiger partial charge in [0, 0.05) is 35.6 Å². The zero-order valence-corrected chi connectivity index (χ0v) is 17.8. The number of benzene rings is 3. The molecule has 3 aromatic carbocycles. The van der Waals surface area contributed by atoms with Crippen LogP contribution >= 0.6 is 0 Å². The van der Waals surface area contributed by atoms with Crippen molar-refractivity contribution in [2.24, 2.45) is 5.73 Å². The van der Waals surface area contributed by atoms with Crippen molar-refractivity contribution in [3.63, 3.8) is 0 Å². The maximum Gasteiger partial charge on any atom is 0.255 e. The molecular formula is C25H25N3O4. The van der Waals surface area contributed by atoms with Gasteiger partial charge in [0.1, 0.15) is 5.75 Å². The molecule has 1 heterocycles. The predicted molar refractivity (Wildman–Crippen MR) is 124 cm³/mol. The maximum atomic E-state index is 12.9. The fourth-order valence-corrected chi connectivity index (χ4v) is 3.83. The Balaban J connectivity index is 1.61. The highest BCUT2D eigenvalue weighted by atomic mass is 16.5. The Morgan fingerprint density at radius 2 is 1.78 bits per heavy atom. The van der Waals surface area contributed by atoms with Gasteiger partial charge in [-0.05, 0) is 72.1 Å². The number of nitrogens with two attached hydrogens (primary N) is 1. The van der Waals surface area contributed by atoms with Crippen LogP contribution in [0.4, 0.5) is 11.4 Å². The molecule has 1 aliphatic rings. The van der Waals surface area contributed by atoms with Gasteiger partial charge in [-0.3, -0.25) is 9.59 Å². The molecule has 0 aromatic heterocycles. The summed E-state index contributed by atoms with van der Waals surface area (Å²) in [5.74, 6) is -0.798. The van der Waals surface area contributed by atoms with Crippen LogP contribution in [0.5, 0.6) is 5.75 Å². The van der Waals surface area contributed by atoms with Gasteiger partial charge < -0.3 is 25.8 Å². The van der Waals surface area contributed by atoms with Gasteiger partial charge in [0.2, 0.25) is 5.91 Å². The second-order valence-corrected chi connectivity index (χ2v) is 7.73. The van der Waals surface area contributed by atoms with Crippen molar-refractivity contribution in [2.75, 3.05) is 36.5 Å². The van der Waals surface area contributed by atoms with Crippen LogP contribution in [-0.4, -0.2) is 43.2 Å². The molecule has 1 aliphatic heterocycles. The van der Waals surface area contributed by atoms with E-state index in [1.165, 1.54) is 18.2 Å². The summed E-state index contributed by atoms with van der Waals surface area (Å²) in [7, 11) is 0. The minimum Gasteiger partial charge on any atom is -0.508 e. The van der Waals surface area contributed by atoms with Crippen LogP contribution in [0.15, 0.2) is 60.7 Å². The number of aryl methyl sites for hydroxylation is 1. The highest BCUT2D eigenvalue weighted by Gasteiger charge is 2.16. The Hall–Kier alpha value is -3.84. The number of ether oxygens (including phenoxy) is 1. The number of rotatable bonds is 5. The average Bonchev–Trinajstić information content (AvgIpc) is 2.80. The van der Waals surface area contributed by atoms with Crippen LogP contribution in [0.3, 0.4) is 0 Å². The number of amides is 2. The summed E-state index contributed by atoms with van der Waals surface area (Å²) >= 11 is 0. The highest BCUT2D eigenvalue weighted by molar-refractivity contribution is 6.05. The van der Waals surface area contributed by atoms with E-state index in [2.05, 4.69) is 10.2 Å². The highest BCUT2D eigenvalue weighted by Crippen LogP contribution is 2.32. The smallest absolute Gasteiger partial charge is 0.255 e. The minimum atomic E-state index is -0.589. The van der Waals surface area contributed by atoms with E-state index in [0.717, 1.165) is 24.3 Å². The molecule has 1 fully saturated rings. The zero-order valence-electron chi connectivity index (χ0n) is 17.8. The summed E-state index contributed by atoms with van der Waals surface area (Å²) < 4.78 is 5.40. The third-order valence-electron chi connectivity index (χ3n) is 5.54. The number of aromatic hydroxyl groups is 1. The molecule has 4 N–H and O–H groups in total. The number of phenols is 1. The summed E-state index contributed by atoms with van der Waals surface area (Å²) in [6.07, 6.45) is 0. The molecule has 0 radical (unpaired) electrons. The molecule has 1 saturated heterocycles. The van der Waals surface area contributed by atoms with Gasteiger partial charge >= 0.3 is 0 Å². The lowest BCUT2D eigenvalue weighted by Gasteiger charge is -2.29. The maximum absolute atomic E-state index is 12.9. The lowest BCUT2D eigenvalue weighted by molar-refractivity contribution is 0.0998. The second-order valence-electron chi connectivity index (χ2n) is 7.73. The minimum absolute atomic E-state index is 0.0266. The van der Waals surface area contributed by atoms with Crippen molar-refractivity contribution >= 4 is 23.2 Å². The molecule has 0 atom stereocenters. The van der Waals surface area contributed by atoms with Crippen LogP contribution in [0.2, 0.25) is 0 Å². The number of anilines is 2. The third-order valence-corrected chi connectivity index (χ3v) is 5.54. The number of morpholine rings is 1. The molecule has 0 bridgehead atoms. The van der Waals surface area contributed by atoms with E-state index in [0.29, 0.717) is 41.2 Å². The Morgan fingerprint density at radius 3 is 2.53 bits per heavy atom. The van der Waals surface area contributed by atoms with Gasteiger partial charge in [0.05, 0.1) is 13.2 Å². The quantitative estimate of drug-likeness (QED) is 0.573. The summed E-state index contributed by atoms with van der Waals surface area (Å²) in [5, 5.41) is 12.9. The van der Waals surface area contributed by atoms with E-state index < -0.39 is 5.91 Å². The van der Waals surface area contributed by atoms with E-state index in [1.807, 2.05) is 31.2 Å². The van der Waals surface area contributed by atoms with Crippen molar-refractivity contribution in [3.8, 4) is 16.9 Å². The zero-order chi connectivity index (χ0) is 22.7. The van der Waals surface area contributed by atoms with Crippen molar-refractivity contribution in [3.05, 3.63) is 77.4 Å². The van der Waals surface area contributed by atoms with Gasteiger partial charge in [0.15, 0.2) is 0 Å². The van der Waals surface area contributed by atoms with Crippen LogP contribution in [-0.2, 0) is 4.74 Å². The lowest BCUT2D eigenvalue weighted by atomic mass is 9.94. The molecule has 7 nitrogen and oxygen atoms in total. The first-order chi connectivity index (χ1) is 15.4. The fraction of sp³-hybridized carbons (Fsp3) is 0.200. The topological polar surface area (TPSA) is 105 Å². The van der Waals surface area contributed by atoms with E-state index in [4.69, 9.17) is 10.5 Å². The number of hydrogen-bond acceptors (Lipinski definition) is 5. The predicted octanol–water partition coefficient (Wildman–Crippen LogP) is 3.56. The number of primary amides is 1. The van der Waals surface area contributed by atoms with Gasteiger partial charge in [-0.1, -0.05) is 12.1 Å². The number of carbonyl (C=O) groups is 2. The third kappa shape index (κ3) is 4.58. The molecule has 0 spiro atoms. The van der Waals surface area contributed by atoms with Crippen LogP contribution in [0, 0.1) is 6.92 Å². The molecule has 0 unspecified atom stereocenters. The van der Waals surface area contributed by atoms with Gasteiger partial charge in [-0.15, -0.1) is 0 Å². The monoisotopic (exact) mass is 431 g/mol. The van der Waals surface area contributed by atoms with Crippen LogP contribution in [0.1, 0.15) is 26.3 Å².